The Morgan fingerprint density at radius 1 is 1.11 bits per heavy atom. The van der Waals surface area contributed by atoms with Crippen LogP contribution in [0.4, 0.5) is 0 Å². The molecule has 1 N–H and O–H groups in total. The fraction of sp³-hybridized carbons (Fsp3) is 0.500. The van der Waals surface area contributed by atoms with Crippen LogP contribution in [0.25, 0.3) is 11.0 Å². The number of hydrogen-bond donors (Lipinski definition) is 1. The van der Waals surface area contributed by atoms with Crippen molar-refractivity contribution >= 4 is 11.0 Å². The molecule has 0 amide bonds. The van der Waals surface area contributed by atoms with E-state index in [0.717, 1.165) is 30.6 Å². The van der Waals surface area contributed by atoms with E-state index in [-0.39, 0.29) is 41.9 Å². The molecule has 0 unspecified atom stereocenters. The van der Waals surface area contributed by atoms with Crippen LogP contribution in [0.3, 0.4) is 0 Å². The van der Waals surface area contributed by atoms with Gasteiger partial charge in [0.25, 0.3) is 0 Å². The summed E-state index contributed by atoms with van der Waals surface area (Å²) in [6.07, 6.45) is 3.35. The van der Waals surface area contributed by atoms with Gasteiger partial charge in [-0.15, -0.1) is 0 Å². The minimum atomic E-state index is 0. The Morgan fingerprint density at radius 2 is 1.74 bits per heavy atom. The molecule has 0 bridgehead atoms. The quantitative estimate of drug-likeness (QED) is 0.637. The fourth-order valence-corrected chi connectivity index (χ4v) is 2.26. The Kier molecular flexibility index (Phi) is 10.7. The van der Waals surface area contributed by atoms with Crippen LogP contribution in [-0.4, -0.2) is 9.97 Å². The Labute approximate surface area is 138 Å². The van der Waals surface area contributed by atoms with Gasteiger partial charge in [-0.25, -0.2) is 4.98 Å². The number of rotatable bonds is 4. The van der Waals surface area contributed by atoms with Crippen molar-refractivity contribution in [1.29, 1.82) is 0 Å². The Hall–Kier alpha value is -0.211. The van der Waals surface area contributed by atoms with E-state index in [1.807, 2.05) is 0 Å². The maximum Gasteiger partial charge on any atom is 2.00 e. The fourth-order valence-electron chi connectivity index (χ4n) is 2.26. The van der Waals surface area contributed by atoms with Gasteiger partial charge in [-0.3, -0.25) is 0 Å². The summed E-state index contributed by atoms with van der Waals surface area (Å²) in [6.45, 7) is 6.63. The molecule has 2 rings (SSSR count). The second-order valence-corrected chi connectivity index (χ2v) is 4.30. The summed E-state index contributed by atoms with van der Waals surface area (Å²) in [4.78, 5) is 8.23. The number of hydrogen-bond acceptors (Lipinski definition) is 1. The molecule has 5 heteroatoms. The molecule has 2 aromatic rings. The molecule has 0 spiro atoms. The average molecular weight is 351 g/mol. The van der Waals surface area contributed by atoms with E-state index in [9.17, 15) is 0 Å². The first kappa shape index (κ1) is 21.1. The van der Waals surface area contributed by atoms with Crippen LogP contribution in [0.5, 0.6) is 0 Å². The topological polar surface area (TPSA) is 28.7 Å². The number of aromatic nitrogens is 2. The van der Waals surface area contributed by atoms with Gasteiger partial charge in [0.05, 0.1) is 11.0 Å². The van der Waals surface area contributed by atoms with Crippen molar-refractivity contribution < 1.29 is 41.9 Å². The summed E-state index contributed by atoms with van der Waals surface area (Å²) in [6, 6.07) is 6.39. The van der Waals surface area contributed by atoms with Gasteiger partial charge >= 0.3 is 17.1 Å². The third-order valence-corrected chi connectivity index (χ3v) is 3.37. The van der Waals surface area contributed by atoms with E-state index < -0.39 is 0 Å². The van der Waals surface area contributed by atoms with Gasteiger partial charge in [0.15, 0.2) is 0 Å². The predicted molar refractivity (Wildman–Crippen MR) is 68.8 cm³/mol. The van der Waals surface area contributed by atoms with Crippen molar-refractivity contribution in [3.8, 4) is 0 Å². The van der Waals surface area contributed by atoms with E-state index >= 15 is 0 Å². The standard InChI is InChI=1S/C14H20N2.2ClH.Cu/c1-4-10(5-2)14-15-12-9-7-8-11(6-3)13(12)16-14;;;/h7-10H,4-6H2,1-3H3,(H,15,16);2*1H;/q;;;+2/p-2. The first-order chi connectivity index (χ1) is 7.80. The van der Waals surface area contributed by atoms with E-state index in [0.29, 0.717) is 5.92 Å². The van der Waals surface area contributed by atoms with Crippen LogP contribution in [0, 0.1) is 0 Å². The van der Waals surface area contributed by atoms with Crippen LogP contribution in [0.1, 0.15) is 50.9 Å². The summed E-state index contributed by atoms with van der Waals surface area (Å²) in [5.41, 5.74) is 3.68. The summed E-state index contributed by atoms with van der Waals surface area (Å²) in [5, 5.41) is 0. The summed E-state index contributed by atoms with van der Waals surface area (Å²) < 4.78 is 0. The molecule has 1 heterocycles. The number of para-hydroxylation sites is 1. The van der Waals surface area contributed by atoms with Gasteiger partial charge in [-0.05, 0) is 30.9 Å². The molecule has 1 aromatic carbocycles. The summed E-state index contributed by atoms with van der Waals surface area (Å²) >= 11 is 0. The molecule has 19 heavy (non-hydrogen) atoms. The molecule has 0 aliphatic rings. The monoisotopic (exact) mass is 349 g/mol. The number of nitrogens with one attached hydrogen (secondary N) is 1. The van der Waals surface area contributed by atoms with Crippen LogP contribution in [-0.2, 0) is 23.5 Å². The van der Waals surface area contributed by atoms with Gasteiger partial charge in [-0.2, -0.15) is 0 Å². The molecule has 1 aromatic heterocycles. The van der Waals surface area contributed by atoms with Crippen molar-refractivity contribution in [2.24, 2.45) is 0 Å². The van der Waals surface area contributed by atoms with E-state index in [4.69, 9.17) is 4.98 Å². The van der Waals surface area contributed by atoms with Crippen LogP contribution < -0.4 is 24.8 Å². The third kappa shape index (κ3) is 4.39. The second-order valence-electron chi connectivity index (χ2n) is 4.30. The SMILES string of the molecule is CCc1cccc2[nH]c(C(CC)CC)nc12.[Cl-].[Cl-].[Cu+2]. The molecule has 0 atom stereocenters. The largest absolute Gasteiger partial charge is 2.00 e. The first-order valence-corrected chi connectivity index (χ1v) is 6.27. The molecule has 0 aliphatic heterocycles. The van der Waals surface area contributed by atoms with Crippen LogP contribution >= 0.6 is 0 Å². The van der Waals surface area contributed by atoms with Crippen LogP contribution in [0.15, 0.2) is 18.2 Å². The first-order valence-electron chi connectivity index (χ1n) is 6.27. The Bertz CT molecular complexity index is 481. The summed E-state index contributed by atoms with van der Waals surface area (Å²) in [5.74, 6) is 1.72. The van der Waals surface area contributed by atoms with Gasteiger partial charge < -0.3 is 29.8 Å². The smallest absolute Gasteiger partial charge is 1.00 e. The molecule has 0 saturated carbocycles. The minimum absolute atomic E-state index is 0. The minimum Gasteiger partial charge on any atom is -1.00 e. The number of halogens is 2. The van der Waals surface area contributed by atoms with Crippen LogP contribution in [0.2, 0.25) is 0 Å². The predicted octanol–water partition coefficient (Wildman–Crippen LogP) is -1.97. The van der Waals surface area contributed by atoms with Crippen molar-refractivity contribution in [2.75, 3.05) is 0 Å². The Morgan fingerprint density at radius 3 is 2.26 bits per heavy atom. The van der Waals surface area contributed by atoms with Gasteiger partial charge in [-0.1, -0.05) is 32.9 Å². The van der Waals surface area contributed by atoms with Gasteiger partial charge in [0.1, 0.15) is 5.82 Å². The maximum absolute atomic E-state index is 4.77. The Balaban J connectivity index is 0. The van der Waals surface area contributed by atoms with Crippen molar-refractivity contribution in [3.05, 3.63) is 29.6 Å². The molecule has 0 aliphatic carbocycles. The molecule has 1 radical (unpaired) electrons. The third-order valence-electron chi connectivity index (χ3n) is 3.37. The van der Waals surface area contributed by atoms with Crippen molar-refractivity contribution in [2.45, 2.75) is 46.0 Å². The molecular weight excluding hydrogens is 331 g/mol. The molecule has 111 valence electrons. The van der Waals surface area contributed by atoms with E-state index in [1.54, 1.807) is 0 Å². The molecule has 0 fully saturated rings. The van der Waals surface area contributed by atoms with E-state index in [1.165, 1.54) is 11.1 Å². The second kappa shape index (κ2) is 9.66. The summed E-state index contributed by atoms with van der Waals surface area (Å²) in [7, 11) is 0. The van der Waals surface area contributed by atoms with Gasteiger partial charge in [0.2, 0.25) is 0 Å². The average Bonchev–Trinajstić information content (AvgIpc) is 2.73. The number of benzene rings is 1. The zero-order chi connectivity index (χ0) is 11.5. The zero-order valence-corrected chi connectivity index (χ0v) is 13.9. The zero-order valence-electron chi connectivity index (χ0n) is 11.4. The number of nitrogens with zero attached hydrogens (tertiary/aromatic N) is 1. The van der Waals surface area contributed by atoms with Crippen molar-refractivity contribution in [1.82, 2.24) is 9.97 Å². The number of fused-ring (bicyclic) bond motifs is 1. The normalized spacial score (nSPS) is 9.68. The maximum atomic E-state index is 4.77. The number of aromatic amines is 1. The number of aryl methyl sites for hydroxylation is 1. The number of H-pyrrole nitrogens is 1. The van der Waals surface area contributed by atoms with E-state index in [2.05, 4.69) is 44.0 Å². The van der Waals surface area contributed by atoms with Crippen molar-refractivity contribution in [3.63, 3.8) is 0 Å². The molecule has 2 nitrogen and oxygen atoms in total. The molecular formula is C14H20Cl2CuN2. The molecule has 0 saturated heterocycles. The number of imidazole rings is 1. The van der Waals surface area contributed by atoms with Gasteiger partial charge in [0, 0.05) is 5.92 Å².